The van der Waals surface area contributed by atoms with Gasteiger partial charge < -0.3 is 0 Å². The van der Waals surface area contributed by atoms with Crippen LogP contribution < -0.4 is 4.72 Å². The summed E-state index contributed by atoms with van der Waals surface area (Å²) < 4.78 is 27.5. The van der Waals surface area contributed by atoms with Crippen molar-refractivity contribution in [2.75, 3.05) is 4.72 Å². The van der Waals surface area contributed by atoms with Gasteiger partial charge in [0.2, 0.25) is 0 Å². The van der Waals surface area contributed by atoms with E-state index in [0.717, 1.165) is 0 Å². The zero-order chi connectivity index (χ0) is 16.2. The molecule has 0 radical (unpaired) electrons. The lowest BCUT2D eigenvalue weighted by Gasteiger charge is -2.12. The maximum absolute atomic E-state index is 12.5. The Morgan fingerprint density at radius 3 is 2.41 bits per heavy atom. The molecule has 0 fully saturated rings. The van der Waals surface area contributed by atoms with E-state index in [4.69, 9.17) is 0 Å². The summed E-state index contributed by atoms with van der Waals surface area (Å²) in [6, 6.07) is 12.3. The fourth-order valence-electron chi connectivity index (χ4n) is 2.12. The lowest BCUT2D eigenvalue weighted by atomic mass is 10.1. The number of nitrogens with zero attached hydrogens (tertiary/aromatic N) is 1. The van der Waals surface area contributed by atoms with Gasteiger partial charge in [0.1, 0.15) is 0 Å². The van der Waals surface area contributed by atoms with Gasteiger partial charge in [-0.2, -0.15) is 0 Å². The summed E-state index contributed by atoms with van der Waals surface area (Å²) in [7, 11) is -3.78. The Hall–Kier alpha value is -2.41. The van der Waals surface area contributed by atoms with Crippen molar-refractivity contribution in [1.29, 1.82) is 0 Å². The molecular formula is C15H16N2O4S. The lowest BCUT2D eigenvalue weighted by molar-refractivity contribution is -0.385. The first-order valence-electron chi connectivity index (χ1n) is 6.79. The van der Waals surface area contributed by atoms with E-state index >= 15 is 0 Å². The van der Waals surface area contributed by atoms with Crippen LogP contribution in [-0.2, 0) is 16.4 Å². The quantitative estimate of drug-likeness (QED) is 0.653. The molecule has 0 aliphatic carbocycles. The smallest absolute Gasteiger partial charge is 0.269 e. The summed E-state index contributed by atoms with van der Waals surface area (Å²) in [5, 5.41) is 10.8. The van der Waals surface area contributed by atoms with E-state index in [1.165, 1.54) is 18.2 Å². The molecule has 116 valence electrons. The van der Waals surface area contributed by atoms with Crippen LogP contribution in [0.2, 0.25) is 0 Å². The molecular weight excluding hydrogens is 304 g/mol. The van der Waals surface area contributed by atoms with Crippen molar-refractivity contribution < 1.29 is 13.3 Å². The number of rotatable bonds is 6. The molecule has 0 unspecified atom stereocenters. The van der Waals surface area contributed by atoms with Gasteiger partial charge in [0, 0.05) is 17.8 Å². The molecule has 7 heteroatoms. The van der Waals surface area contributed by atoms with Crippen molar-refractivity contribution in [3.63, 3.8) is 0 Å². The van der Waals surface area contributed by atoms with Crippen molar-refractivity contribution in [2.24, 2.45) is 0 Å². The number of aryl methyl sites for hydroxylation is 1. The fourth-order valence-corrected chi connectivity index (χ4v) is 3.43. The van der Waals surface area contributed by atoms with Gasteiger partial charge in [0.05, 0.1) is 9.82 Å². The van der Waals surface area contributed by atoms with E-state index in [-0.39, 0.29) is 10.6 Å². The average molecular weight is 320 g/mol. The van der Waals surface area contributed by atoms with E-state index in [9.17, 15) is 18.5 Å². The zero-order valence-electron chi connectivity index (χ0n) is 12.0. The third-order valence-electron chi connectivity index (χ3n) is 3.09. The molecule has 0 heterocycles. The Morgan fingerprint density at radius 1 is 1.14 bits per heavy atom. The van der Waals surface area contributed by atoms with Crippen LogP contribution in [0.1, 0.15) is 18.9 Å². The summed E-state index contributed by atoms with van der Waals surface area (Å²) in [4.78, 5) is 10.4. The first-order valence-corrected chi connectivity index (χ1v) is 8.27. The van der Waals surface area contributed by atoms with Crippen LogP contribution in [-0.4, -0.2) is 13.3 Å². The Kier molecular flexibility index (Phi) is 4.77. The van der Waals surface area contributed by atoms with Crippen molar-refractivity contribution in [1.82, 2.24) is 0 Å². The predicted molar refractivity (Wildman–Crippen MR) is 84.3 cm³/mol. The second-order valence-electron chi connectivity index (χ2n) is 4.77. The number of nitro benzene ring substituents is 1. The second kappa shape index (κ2) is 6.57. The molecule has 0 bridgehead atoms. The van der Waals surface area contributed by atoms with Gasteiger partial charge in [-0.15, -0.1) is 0 Å². The SMILES string of the molecule is CCCc1cc([N+](=O)[O-])ccc1S(=O)(=O)Nc1ccccc1. The van der Waals surface area contributed by atoms with Crippen LogP contribution in [0.25, 0.3) is 0 Å². The van der Waals surface area contributed by atoms with E-state index in [2.05, 4.69) is 4.72 Å². The molecule has 0 saturated heterocycles. The van der Waals surface area contributed by atoms with Gasteiger partial charge in [0.25, 0.3) is 15.7 Å². The minimum absolute atomic E-state index is 0.0730. The Morgan fingerprint density at radius 2 is 1.82 bits per heavy atom. The number of anilines is 1. The highest BCUT2D eigenvalue weighted by molar-refractivity contribution is 7.92. The molecule has 22 heavy (non-hydrogen) atoms. The number of non-ortho nitro benzene ring substituents is 1. The van der Waals surface area contributed by atoms with Gasteiger partial charge >= 0.3 is 0 Å². The molecule has 0 saturated carbocycles. The molecule has 0 aromatic heterocycles. The molecule has 2 rings (SSSR count). The summed E-state index contributed by atoms with van der Waals surface area (Å²) in [6.45, 7) is 1.89. The molecule has 1 N–H and O–H groups in total. The third-order valence-corrected chi connectivity index (χ3v) is 4.57. The number of sulfonamides is 1. The monoisotopic (exact) mass is 320 g/mol. The Balaban J connectivity index is 2.43. The molecule has 0 aliphatic heterocycles. The predicted octanol–water partition coefficient (Wildman–Crippen LogP) is 3.35. The van der Waals surface area contributed by atoms with Crippen molar-refractivity contribution in [3.05, 3.63) is 64.2 Å². The van der Waals surface area contributed by atoms with Crippen LogP contribution in [0.15, 0.2) is 53.4 Å². The molecule has 0 aliphatic rings. The third kappa shape index (κ3) is 3.62. The van der Waals surface area contributed by atoms with Crippen LogP contribution in [0.5, 0.6) is 0 Å². The zero-order valence-corrected chi connectivity index (χ0v) is 12.8. The minimum atomic E-state index is -3.78. The van der Waals surface area contributed by atoms with E-state index in [1.807, 2.05) is 6.92 Å². The number of nitro groups is 1. The Bertz CT molecular complexity index is 773. The maximum atomic E-state index is 12.5. The standard InChI is InChI=1S/C15H16N2O4S/c1-2-6-12-11-14(17(18)19)9-10-15(12)22(20,21)16-13-7-4-3-5-8-13/h3-5,7-11,16H,2,6H2,1H3. The highest BCUT2D eigenvalue weighted by atomic mass is 32.2. The summed E-state index contributed by atoms with van der Waals surface area (Å²) in [5.41, 5.74) is 0.783. The minimum Gasteiger partial charge on any atom is -0.280 e. The van der Waals surface area contributed by atoms with Crippen molar-refractivity contribution in [2.45, 2.75) is 24.7 Å². The van der Waals surface area contributed by atoms with E-state index in [0.29, 0.717) is 24.1 Å². The van der Waals surface area contributed by atoms with Crippen LogP contribution in [0.3, 0.4) is 0 Å². The van der Waals surface area contributed by atoms with E-state index in [1.54, 1.807) is 30.3 Å². The molecule has 2 aromatic rings. The van der Waals surface area contributed by atoms with Gasteiger partial charge in [-0.1, -0.05) is 31.5 Å². The number of nitrogens with one attached hydrogen (secondary N) is 1. The molecule has 0 spiro atoms. The molecule has 0 amide bonds. The molecule has 0 atom stereocenters. The van der Waals surface area contributed by atoms with Gasteiger partial charge in [0.15, 0.2) is 0 Å². The number of hydrogen-bond acceptors (Lipinski definition) is 4. The first kappa shape index (κ1) is 16.0. The number of para-hydroxylation sites is 1. The highest BCUT2D eigenvalue weighted by Crippen LogP contribution is 2.25. The van der Waals surface area contributed by atoms with Crippen LogP contribution in [0.4, 0.5) is 11.4 Å². The highest BCUT2D eigenvalue weighted by Gasteiger charge is 2.21. The lowest BCUT2D eigenvalue weighted by Crippen LogP contribution is -2.15. The normalized spacial score (nSPS) is 11.1. The summed E-state index contributed by atoms with van der Waals surface area (Å²) in [5.74, 6) is 0. The fraction of sp³-hybridized carbons (Fsp3) is 0.200. The molecule has 2 aromatic carbocycles. The van der Waals surface area contributed by atoms with Gasteiger partial charge in [-0.25, -0.2) is 8.42 Å². The van der Waals surface area contributed by atoms with Crippen molar-refractivity contribution >= 4 is 21.4 Å². The van der Waals surface area contributed by atoms with Gasteiger partial charge in [-0.05, 0) is 30.2 Å². The average Bonchev–Trinajstić information content (AvgIpc) is 2.48. The topological polar surface area (TPSA) is 89.3 Å². The first-order chi connectivity index (χ1) is 10.4. The largest absolute Gasteiger partial charge is 0.280 e. The maximum Gasteiger partial charge on any atom is 0.269 e. The Labute approximate surface area is 129 Å². The van der Waals surface area contributed by atoms with Crippen LogP contribution in [0, 0.1) is 10.1 Å². The summed E-state index contributed by atoms with van der Waals surface area (Å²) in [6.07, 6.45) is 1.14. The summed E-state index contributed by atoms with van der Waals surface area (Å²) >= 11 is 0. The van der Waals surface area contributed by atoms with Gasteiger partial charge in [-0.3, -0.25) is 14.8 Å². The number of hydrogen-bond donors (Lipinski definition) is 1. The molecule has 6 nitrogen and oxygen atoms in total. The van der Waals surface area contributed by atoms with Crippen LogP contribution >= 0.6 is 0 Å². The van der Waals surface area contributed by atoms with Crippen molar-refractivity contribution in [3.8, 4) is 0 Å². The van der Waals surface area contributed by atoms with E-state index < -0.39 is 14.9 Å². The second-order valence-corrected chi connectivity index (χ2v) is 6.42. The number of benzene rings is 2.